The first kappa shape index (κ1) is 10.1. The summed E-state index contributed by atoms with van der Waals surface area (Å²) in [5.41, 5.74) is 2.72. The van der Waals surface area contributed by atoms with Gasteiger partial charge < -0.3 is 5.11 Å². The monoisotopic (exact) mass is 230 g/mol. The molecule has 0 fully saturated rings. The first-order chi connectivity index (χ1) is 7.72. The van der Waals surface area contributed by atoms with E-state index in [0.29, 0.717) is 0 Å². The van der Waals surface area contributed by atoms with E-state index in [1.807, 2.05) is 12.1 Å². The molecule has 2 aromatic rings. The zero-order valence-electron chi connectivity index (χ0n) is 9.23. The van der Waals surface area contributed by atoms with Gasteiger partial charge in [-0.1, -0.05) is 24.3 Å². The lowest BCUT2D eigenvalue weighted by Gasteiger charge is -2.24. The normalized spacial score (nSPS) is 23.4. The zero-order chi connectivity index (χ0) is 11.2. The summed E-state index contributed by atoms with van der Waals surface area (Å²) in [5, 5.41) is 13.0. The molecule has 0 saturated heterocycles. The van der Waals surface area contributed by atoms with Crippen molar-refractivity contribution in [3.05, 3.63) is 57.3 Å². The summed E-state index contributed by atoms with van der Waals surface area (Å²) < 4.78 is 0. The lowest BCUT2D eigenvalue weighted by molar-refractivity contribution is 0.0828. The molecule has 2 heteroatoms. The number of rotatable bonds is 1. The van der Waals surface area contributed by atoms with Crippen molar-refractivity contribution < 1.29 is 5.11 Å². The number of hydrogen-bond donors (Lipinski definition) is 1. The van der Waals surface area contributed by atoms with Crippen LogP contribution in [0.5, 0.6) is 0 Å². The van der Waals surface area contributed by atoms with Gasteiger partial charge in [-0.05, 0) is 42.3 Å². The lowest BCUT2D eigenvalue weighted by Crippen LogP contribution is -2.23. The average molecular weight is 230 g/mol. The molecule has 0 spiro atoms. The third-order valence-electron chi connectivity index (χ3n) is 3.52. The number of aryl methyl sites for hydroxylation is 2. The molecule has 1 nitrogen and oxygen atoms in total. The Morgan fingerprint density at radius 1 is 1.19 bits per heavy atom. The van der Waals surface area contributed by atoms with Crippen LogP contribution in [-0.4, -0.2) is 5.11 Å². The highest BCUT2D eigenvalue weighted by Gasteiger charge is 2.39. The van der Waals surface area contributed by atoms with Gasteiger partial charge in [0.15, 0.2) is 0 Å². The summed E-state index contributed by atoms with van der Waals surface area (Å²) in [5.74, 6) is 0. The topological polar surface area (TPSA) is 20.2 Å². The summed E-state index contributed by atoms with van der Waals surface area (Å²) in [6.45, 7) is 2.08. The van der Waals surface area contributed by atoms with E-state index in [4.69, 9.17) is 0 Å². The van der Waals surface area contributed by atoms with E-state index in [-0.39, 0.29) is 0 Å². The van der Waals surface area contributed by atoms with Crippen LogP contribution in [0.4, 0.5) is 0 Å². The van der Waals surface area contributed by atoms with E-state index in [1.165, 1.54) is 10.4 Å². The molecule has 1 aromatic carbocycles. The van der Waals surface area contributed by atoms with Gasteiger partial charge in [0.1, 0.15) is 5.60 Å². The van der Waals surface area contributed by atoms with Crippen LogP contribution in [0.3, 0.4) is 0 Å². The van der Waals surface area contributed by atoms with Crippen molar-refractivity contribution in [3.8, 4) is 0 Å². The predicted octanol–water partition coefficient (Wildman–Crippen LogP) is 3.24. The molecule has 1 aliphatic rings. The molecule has 1 aromatic heterocycles. The Labute approximate surface area is 99.4 Å². The fourth-order valence-corrected chi connectivity index (χ4v) is 3.46. The molecule has 0 aliphatic heterocycles. The van der Waals surface area contributed by atoms with Crippen LogP contribution in [0.15, 0.2) is 35.7 Å². The Balaban J connectivity index is 2.19. The second-order valence-electron chi connectivity index (χ2n) is 4.41. The molecule has 0 amide bonds. The highest BCUT2D eigenvalue weighted by molar-refractivity contribution is 7.10. The quantitative estimate of drug-likeness (QED) is 0.797. The van der Waals surface area contributed by atoms with Gasteiger partial charge in [0.25, 0.3) is 0 Å². The van der Waals surface area contributed by atoms with E-state index < -0.39 is 5.60 Å². The SMILES string of the molecule is Cc1sccc1C1(O)CCc2ccccc21. The minimum absolute atomic E-state index is 0.749. The first-order valence-corrected chi connectivity index (χ1v) is 6.45. The standard InChI is InChI=1S/C14H14OS/c1-10-12(7-9-16-10)14(15)8-6-11-4-2-3-5-13(11)14/h2-5,7,9,15H,6,8H2,1H3. The molecular weight excluding hydrogens is 216 g/mol. The third-order valence-corrected chi connectivity index (χ3v) is 4.37. The van der Waals surface area contributed by atoms with Gasteiger partial charge in [-0.2, -0.15) is 0 Å². The van der Waals surface area contributed by atoms with Crippen LogP contribution < -0.4 is 0 Å². The van der Waals surface area contributed by atoms with Gasteiger partial charge in [0.2, 0.25) is 0 Å². The smallest absolute Gasteiger partial charge is 0.116 e. The first-order valence-electron chi connectivity index (χ1n) is 5.57. The molecular formula is C14H14OS. The molecule has 0 bridgehead atoms. The van der Waals surface area contributed by atoms with Crippen LogP contribution in [0.25, 0.3) is 0 Å². The van der Waals surface area contributed by atoms with Crippen molar-refractivity contribution in [1.82, 2.24) is 0 Å². The van der Waals surface area contributed by atoms with Gasteiger partial charge in [0.05, 0.1) is 0 Å². The minimum atomic E-state index is -0.749. The van der Waals surface area contributed by atoms with Gasteiger partial charge in [0, 0.05) is 10.4 Å². The van der Waals surface area contributed by atoms with E-state index in [0.717, 1.165) is 24.0 Å². The highest BCUT2D eigenvalue weighted by atomic mass is 32.1. The van der Waals surface area contributed by atoms with Crippen LogP contribution >= 0.6 is 11.3 Å². The van der Waals surface area contributed by atoms with Gasteiger partial charge >= 0.3 is 0 Å². The van der Waals surface area contributed by atoms with Crippen molar-refractivity contribution in [2.75, 3.05) is 0 Å². The molecule has 1 heterocycles. The van der Waals surface area contributed by atoms with Gasteiger partial charge in [-0.3, -0.25) is 0 Å². The second-order valence-corrected chi connectivity index (χ2v) is 5.53. The summed E-state index contributed by atoms with van der Waals surface area (Å²) in [4.78, 5) is 1.22. The number of benzene rings is 1. The van der Waals surface area contributed by atoms with Crippen molar-refractivity contribution in [2.45, 2.75) is 25.4 Å². The Kier molecular flexibility index (Phi) is 2.16. The van der Waals surface area contributed by atoms with Crippen molar-refractivity contribution >= 4 is 11.3 Å². The van der Waals surface area contributed by atoms with Crippen molar-refractivity contribution in [1.29, 1.82) is 0 Å². The maximum atomic E-state index is 10.9. The summed E-state index contributed by atoms with van der Waals surface area (Å²) in [6.07, 6.45) is 1.78. The molecule has 3 rings (SSSR count). The molecule has 1 unspecified atom stereocenters. The number of thiophene rings is 1. The zero-order valence-corrected chi connectivity index (χ0v) is 10.1. The molecule has 1 N–H and O–H groups in total. The third kappa shape index (κ3) is 1.27. The lowest BCUT2D eigenvalue weighted by atomic mass is 9.88. The van der Waals surface area contributed by atoms with Crippen LogP contribution in [0.1, 0.15) is 28.0 Å². The largest absolute Gasteiger partial charge is 0.380 e. The van der Waals surface area contributed by atoms with Gasteiger partial charge in [-0.15, -0.1) is 11.3 Å². The Morgan fingerprint density at radius 2 is 2.00 bits per heavy atom. The van der Waals surface area contributed by atoms with Crippen molar-refractivity contribution in [2.24, 2.45) is 0 Å². The van der Waals surface area contributed by atoms with Crippen LogP contribution in [0.2, 0.25) is 0 Å². The Hall–Kier alpha value is -1.12. The number of aliphatic hydroxyl groups is 1. The summed E-state index contributed by atoms with van der Waals surface area (Å²) in [7, 11) is 0. The van der Waals surface area contributed by atoms with E-state index >= 15 is 0 Å². The molecule has 0 saturated carbocycles. The Morgan fingerprint density at radius 3 is 2.75 bits per heavy atom. The molecule has 1 atom stereocenters. The van der Waals surface area contributed by atoms with Crippen LogP contribution in [0, 0.1) is 6.92 Å². The maximum absolute atomic E-state index is 10.9. The highest BCUT2D eigenvalue weighted by Crippen LogP contribution is 2.43. The van der Waals surface area contributed by atoms with Gasteiger partial charge in [-0.25, -0.2) is 0 Å². The Bertz CT molecular complexity index is 529. The summed E-state index contributed by atoms with van der Waals surface area (Å²) >= 11 is 1.70. The van der Waals surface area contributed by atoms with Crippen molar-refractivity contribution in [3.63, 3.8) is 0 Å². The number of fused-ring (bicyclic) bond motifs is 1. The van der Waals surface area contributed by atoms with Crippen LogP contribution in [-0.2, 0) is 12.0 Å². The fourth-order valence-electron chi connectivity index (χ4n) is 2.69. The molecule has 82 valence electrons. The molecule has 1 aliphatic carbocycles. The predicted molar refractivity (Wildman–Crippen MR) is 66.8 cm³/mol. The number of hydrogen-bond acceptors (Lipinski definition) is 2. The van der Waals surface area contributed by atoms with E-state index in [9.17, 15) is 5.11 Å². The fraction of sp³-hybridized carbons (Fsp3) is 0.286. The average Bonchev–Trinajstić information content (AvgIpc) is 2.86. The molecule has 16 heavy (non-hydrogen) atoms. The summed E-state index contributed by atoms with van der Waals surface area (Å²) in [6, 6.07) is 10.3. The molecule has 0 radical (unpaired) electrons. The van der Waals surface area contributed by atoms with E-state index in [1.54, 1.807) is 11.3 Å². The van der Waals surface area contributed by atoms with E-state index in [2.05, 4.69) is 30.5 Å². The minimum Gasteiger partial charge on any atom is -0.380 e. The maximum Gasteiger partial charge on any atom is 0.116 e. The second kappa shape index (κ2) is 3.44.